The van der Waals surface area contributed by atoms with Gasteiger partial charge in [0.25, 0.3) is 0 Å². The molecule has 2 rings (SSSR count). The molecule has 0 spiro atoms. The van der Waals surface area contributed by atoms with Crippen molar-refractivity contribution < 1.29 is 43.5 Å². The third-order valence-corrected chi connectivity index (χ3v) is 4.27. The molecule has 0 saturated carbocycles. The lowest BCUT2D eigenvalue weighted by Gasteiger charge is -2.12. The van der Waals surface area contributed by atoms with E-state index in [0.717, 1.165) is 11.5 Å². The number of fused-ring (bicyclic) bond motifs is 1. The van der Waals surface area contributed by atoms with E-state index >= 15 is 0 Å². The maximum atomic E-state index is 10.1. The van der Waals surface area contributed by atoms with Gasteiger partial charge in [0.05, 0.1) is 39.6 Å². The first-order chi connectivity index (χ1) is 15.0. The Balaban J connectivity index is 0.000000348. The van der Waals surface area contributed by atoms with Crippen LogP contribution in [-0.2, 0) is 23.8 Å². The van der Waals surface area contributed by atoms with Crippen LogP contribution in [0.2, 0.25) is 0 Å². The Morgan fingerprint density at radius 1 is 0.742 bits per heavy atom. The highest BCUT2D eigenvalue weighted by molar-refractivity contribution is 5.67. The fourth-order valence-corrected chi connectivity index (χ4v) is 2.54. The second kappa shape index (κ2) is 17.3. The molecule has 1 heterocycles. The number of carbonyl (C=O) groups is 2. The highest BCUT2D eigenvalue weighted by Gasteiger charge is 2.07. The minimum atomic E-state index is -0.822. The van der Waals surface area contributed by atoms with Gasteiger partial charge in [0, 0.05) is 12.8 Å². The zero-order valence-electron chi connectivity index (χ0n) is 18.1. The van der Waals surface area contributed by atoms with Crippen molar-refractivity contribution in [1.29, 1.82) is 0 Å². The summed E-state index contributed by atoms with van der Waals surface area (Å²) in [4.78, 5) is 20.3. The van der Waals surface area contributed by atoms with Gasteiger partial charge in [0.1, 0.15) is 13.2 Å². The number of hydrogen-bond donors (Lipinski definition) is 2. The van der Waals surface area contributed by atoms with E-state index in [-0.39, 0.29) is 18.8 Å². The molecule has 0 radical (unpaired) electrons. The van der Waals surface area contributed by atoms with Crippen LogP contribution in [0.5, 0.6) is 11.5 Å². The van der Waals surface area contributed by atoms with Crippen molar-refractivity contribution in [2.75, 3.05) is 52.9 Å². The summed E-state index contributed by atoms with van der Waals surface area (Å²) in [5.41, 5.74) is 0. The summed E-state index contributed by atoms with van der Waals surface area (Å²) >= 11 is 0. The maximum Gasteiger partial charge on any atom is 0.303 e. The third kappa shape index (κ3) is 15.1. The van der Waals surface area contributed by atoms with Crippen molar-refractivity contribution in [2.45, 2.75) is 32.6 Å². The number of benzene rings is 1. The Bertz CT molecular complexity index is 570. The van der Waals surface area contributed by atoms with E-state index < -0.39 is 11.9 Å². The molecule has 0 aromatic heterocycles. The molecule has 0 bridgehead atoms. The van der Waals surface area contributed by atoms with Crippen molar-refractivity contribution >= 4 is 11.9 Å². The second-order valence-corrected chi connectivity index (χ2v) is 6.95. The van der Waals surface area contributed by atoms with E-state index in [9.17, 15) is 9.59 Å². The normalized spacial score (nSPS) is 15.7. The summed E-state index contributed by atoms with van der Waals surface area (Å²) < 4.78 is 27.4. The first-order valence-corrected chi connectivity index (χ1v) is 10.5. The first kappa shape index (κ1) is 26.7. The Morgan fingerprint density at radius 3 is 1.45 bits per heavy atom. The molecule has 0 atom stereocenters. The number of carboxylic acid groups (broad SMARTS) is 2. The lowest BCUT2D eigenvalue weighted by Crippen LogP contribution is -2.13. The average Bonchev–Trinajstić information content (AvgIpc) is 2.75. The van der Waals surface area contributed by atoms with Gasteiger partial charge in [0.2, 0.25) is 0 Å². The third-order valence-electron chi connectivity index (χ3n) is 4.27. The summed E-state index contributed by atoms with van der Waals surface area (Å²) in [5, 5.41) is 16.6. The molecule has 31 heavy (non-hydrogen) atoms. The van der Waals surface area contributed by atoms with Crippen LogP contribution in [0.1, 0.15) is 32.6 Å². The molecular weight excluding hydrogens is 408 g/mol. The summed E-state index contributed by atoms with van der Waals surface area (Å²) in [5.74, 6) is 0.000920. The van der Waals surface area contributed by atoms with Crippen LogP contribution in [0.25, 0.3) is 0 Å². The quantitative estimate of drug-likeness (QED) is 0.685. The number of carboxylic acids is 2. The van der Waals surface area contributed by atoms with Crippen molar-refractivity contribution in [1.82, 2.24) is 0 Å². The van der Waals surface area contributed by atoms with Gasteiger partial charge >= 0.3 is 11.9 Å². The Morgan fingerprint density at radius 2 is 1.10 bits per heavy atom. The SMILES string of the molecule is CC(CCC(=O)O)CCC(=O)O.c1ccc2c(c1)OCCOCCOCCOCCO2. The van der Waals surface area contributed by atoms with Crippen LogP contribution < -0.4 is 9.47 Å². The zero-order valence-corrected chi connectivity index (χ0v) is 18.1. The van der Waals surface area contributed by atoms with Gasteiger partial charge in [-0.3, -0.25) is 9.59 Å². The Kier molecular flexibility index (Phi) is 14.9. The van der Waals surface area contributed by atoms with E-state index in [1.807, 2.05) is 31.2 Å². The highest BCUT2D eigenvalue weighted by Crippen LogP contribution is 2.26. The van der Waals surface area contributed by atoms with Crippen molar-refractivity contribution in [3.63, 3.8) is 0 Å². The standard InChI is InChI=1S/C14H20O5.C8H14O4/c1-2-4-14-13(3-1)18-11-9-16-7-5-15-6-8-17-10-12-19-14;1-6(2-4-7(9)10)3-5-8(11)12/h1-4H,5-12H2;6H,2-5H2,1H3,(H,9,10)(H,11,12). The molecule has 2 N–H and O–H groups in total. The van der Waals surface area contributed by atoms with Crippen LogP contribution in [-0.4, -0.2) is 75.0 Å². The Labute approximate surface area is 183 Å². The van der Waals surface area contributed by atoms with Gasteiger partial charge in [-0.2, -0.15) is 0 Å². The van der Waals surface area contributed by atoms with Gasteiger partial charge in [-0.1, -0.05) is 19.1 Å². The van der Waals surface area contributed by atoms with Crippen LogP contribution in [0.3, 0.4) is 0 Å². The largest absolute Gasteiger partial charge is 0.487 e. The molecule has 9 nitrogen and oxygen atoms in total. The summed E-state index contributed by atoms with van der Waals surface area (Å²) in [6.07, 6.45) is 1.37. The molecule has 1 aromatic carbocycles. The molecule has 0 aliphatic carbocycles. The van der Waals surface area contributed by atoms with E-state index in [1.54, 1.807) is 0 Å². The van der Waals surface area contributed by atoms with Gasteiger partial charge < -0.3 is 33.9 Å². The minimum Gasteiger partial charge on any atom is -0.487 e. The van der Waals surface area contributed by atoms with Crippen LogP contribution in [0, 0.1) is 5.92 Å². The summed E-state index contributed by atoms with van der Waals surface area (Å²) in [7, 11) is 0. The van der Waals surface area contributed by atoms with Crippen LogP contribution >= 0.6 is 0 Å². The predicted octanol–water partition coefficient (Wildman–Crippen LogP) is 2.86. The van der Waals surface area contributed by atoms with Crippen molar-refractivity contribution in [2.24, 2.45) is 5.92 Å². The molecule has 0 saturated heterocycles. The summed E-state index contributed by atoms with van der Waals surface area (Å²) in [6, 6.07) is 7.61. The molecule has 0 unspecified atom stereocenters. The number of ether oxygens (including phenoxy) is 5. The highest BCUT2D eigenvalue weighted by atomic mass is 16.6. The van der Waals surface area contributed by atoms with Crippen molar-refractivity contribution in [3.05, 3.63) is 24.3 Å². The Hall–Kier alpha value is -2.36. The van der Waals surface area contributed by atoms with Gasteiger partial charge in [-0.05, 0) is 30.9 Å². The average molecular weight is 443 g/mol. The van der Waals surface area contributed by atoms with Crippen LogP contribution in [0.4, 0.5) is 0 Å². The van der Waals surface area contributed by atoms with E-state index in [2.05, 4.69) is 0 Å². The number of aliphatic carboxylic acids is 2. The fourth-order valence-electron chi connectivity index (χ4n) is 2.54. The topological polar surface area (TPSA) is 121 Å². The van der Waals surface area contributed by atoms with E-state index in [4.69, 9.17) is 33.9 Å². The van der Waals surface area contributed by atoms with E-state index in [0.29, 0.717) is 65.7 Å². The smallest absolute Gasteiger partial charge is 0.303 e. The number of para-hydroxylation sites is 2. The molecule has 0 fully saturated rings. The second-order valence-electron chi connectivity index (χ2n) is 6.95. The lowest BCUT2D eigenvalue weighted by molar-refractivity contribution is -0.137. The molecule has 176 valence electrons. The van der Waals surface area contributed by atoms with Gasteiger partial charge in [-0.15, -0.1) is 0 Å². The van der Waals surface area contributed by atoms with Gasteiger partial charge in [-0.25, -0.2) is 0 Å². The number of hydrogen-bond acceptors (Lipinski definition) is 7. The predicted molar refractivity (Wildman–Crippen MR) is 113 cm³/mol. The molecular formula is C22H34O9. The summed E-state index contributed by atoms with van der Waals surface area (Å²) in [6.45, 7) is 6.23. The zero-order chi connectivity index (χ0) is 22.7. The maximum absolute atomic E-state index is 10.1. The van der Waals surface area contributed by atoms with Crippen LogP contribution in [0.15, 0.2) is 24.3 Å². The first-order valence-electron chi connectivity index (χ1n) is 10.5. The lowest BCUT2D eigenvalue weighted by atomic mass is 10.00. The molecule has 9 heteroatoms. The molecule has 1 aliphatic rings. The van der Waals surface area contributed by atoms with E-state index in [1.165, 1.54) is 0 Å². The molecule has 1 aliphatic heterocycles. The number of rotatable bonds is 6. The van der Waals surface area contributed by atoms with Gasteiger partial charge in [0.15, 0.2) is 11.5 Å². The molecule has 0 amide bonds. The van der Waals surface area contributed by atoms with Crippen molar-refractivity contribution in [3.8, 4) is 11.5 Å². The fraction of sp³-hybridized carbons (Fsp3) is 0.636. The monoisotopic (exact) mass is 442 g/mol. The minimum absolute atomic E-state index is 0.126. The molecule has 1 aromatic rings.